The molecule has 0 saturated carbocycles. The van der Waals surface area contributed by atoms with Gasteiger partial charge >= 0.3 is 0 Å². The van der Waals surface area contributed by atoms with Gasteiger partial charge in [0.25, 0.3) is 0 Å². The molecule has 0 radical (unpaired) electrons. The van der Waals surface area contributed by atoms with Crippen molar-refractivity contribution in [2.45, 2.75) is 0 Å². The van der Waals surface area contributed by atoms with Gasteiger partial charge in [0.2, 0.25) is 0 Å². The highest BCUT2D eigenvalue weighted by Crippen LogP contribution is 2.42. The van der Waals surface area contributed by atoms with E-state index in [9.17, 15) is 0 Å². The van der Waals surface area contributed by atoms with Gasteiger partial charge < -0.3 is 9.80 Å². The molecule has 0 bridgehead atoms. The van der Waals surface area contributed by atoms with Crippen LogP contribution >= 0.6 is 0 Å². The van der Waals surface area contributed by atoms with Crippen LogP contribution in [-0.4, -0.2) is 0 Å². The first-order valence-corrected chi connectivity index (χ1v) is 21.3. The molecule has 0 aliphatic carbocycles. The Labute approximate surface area is 362 Å². The van der Waals surface area contributed by atoms with Crippen molar-refractivity contribution in [3.63, 3.8) is 0 Å². The molecule has 292 valence electrons. The van der Waals surface area contributed by atoms with E-state index in [0.29, 0.717) is 0 Å². The third-order valence-electron chi connectivity index (χ3n) is 12.1. The van der Waals surface area contributed by atoms with E-state index in [1.165, 1.54) is 54.6 Å². The minimum atomic E-state index is 1.09. The van der Waals surface area contributed by atoms with Crippen LogP contribution in [0.4, 0.5) is 34.1 Å². The topological polar surface area (TPSA) is 6.48 Å². The standard InChI is InChI=1S/C60H42N2/c1-2-19-50(20-3-1)62(60-26-12-18-47-15-6-9-23-59(47)60)54-37-29-44(30-38-54)43-27-35-51(36-28-43)61(52-39-31-48(32-40-52)57-24-10-16-45-13-4-7-21-55(45)57)53-41-33-49(34-42-53)58-25-11-17-46-14-5-8-22-56(46)58/h1-42H. The van der Waals surface area contributed by atoms with Crippen LogP contribution in [0, 0.1) is 0 Å². The Morgan fingerprint density at radius 1 is 0.194 bits per heavy atom. The molecule has 0 heterocycles. The maximum Gasteiger partial charge on any atom is 0.0540 e. The smallest absolute Gasteiger partial charge is 0.0540 e. The summed E-state index contributed by atoms with van der Waals surface area (Å²) in [6, 6.07) is 92.0. The van der Waals surface area contributed by atoms with Crippen LogP contribution in [0.5, 0.6) is 0 Å². The van der Waals surface area contributed by atoms with Gasteiger partial charge in [0.1, 0.15) is 0 Å². The first kappa shape index (κ1) is 36.8. The summed E-state index contributed by atoms with van der Waals surface area (Å²) in [5.41, 5.74) is 13.9. The summed E-state index contributed by atoms with van der Waals surface area (Å²) in [6.45, 7) is 0. The number of hydrogen-bond donors (Lipinski definition) is 0. The zero-order valence-corrected chi connectivity index (χ0v) is 34.1. The fourth-order valence-corrected chi connectivity index (χ4v) is 9.00. The lowest BCUT2D eigenvalue weighted by Crippen LogP contribution is -2.10. The van der Waals surface area contributed by atoms with Crippen LogP contribution in [0.15, 0.2) is 255 Å². The summed E-state index contributed by atoms with van der Waals surface area (Å²) in [5, 5.41) is 7.44. The molecule has 0 amide bonds. The summed E-state index contributed by atoms with van der Waals surface area (Å²) in [7, 11) is 0. The highest BCUT2D eigenvalue weighted by molar-refractivity contribution is 6.00. The summed E-state index contributed by atoms with van der Waals surface area (Å²) >= 11 is 0. The average molecular weight is 791 g/mol. The van der Waals surface area contributed by atoms with Crippen LogP contribution in [0.3, 0.4) is 0 Å². The highest BCUT2D eigenvalue weighted by atomic mass is 15.1. The lowest BCUT2D eigenvalue weighted by atomic mass is 9.97. The zero-order chi connectivity index (χ0) is 41.2. The van der Waals surface area contributed by atoms with Gasteiger partial charge in [-0.3, -0.25) is 0 Å². The van der Waals surface area contributed by atoms with Crippen molar-refractivity contribution in [3.05, 3.63) is 255 Å². The van der Waals surface area contributed by atoms with Gasteiger partial charge in [-0.25, -0.2) is 0 Å². The maximum atomic E-state index is 2.36. The number of rotatable bonds is 9. The van der Waals surface area contributed by atoms with Crippen molar-refractivity contribution < 1.29 is 0 Å². The Balaban J connectivity index is 0.946. The summed E-state index contributed by atoms with van der Waals surface area (Å²) in [4.78, 5) is 4.71. The van der Waals surface area contributed by atoms with Gasteiger partial charge in [-0.2, -0.15) is 0 Å². The molecule has 0 aliphatic heterocycles. The van der Waals surface area contributed by atoms with Crippen LogP contribution < -0.4 is 9.80 Å². The molecule has 62 heavy (non-hydrogen) atoms. The van der Waals surface area contributed by atoms with Crippen molar-refractivity contribution in [2.24, 2.45) is 0 Å². The maximum absolute atomic E-state index is 2.36. The van der Waals surface area contributed by atoms with Gasteiger partial charge in [0.05, 0.1) is 5.69 Å². The largest absolute Gasteiger partial charge is 0.311 e. The van der Waals surface area contributed by atoms with Crippen molar-refractivity contribution >= 4 is 66.4 Å². The molecule has 0 fully saturated rings. The monoisotopic (exact) mass is 790 g/mol. The van der Waals surface area contributed by atoms with Gasteiger partial charge in [-0.1, -0.05) is 188 Å². The number of fused-ring (bicyclic) bond motifs is 3. The second-order valence-electron chi connectivity index (χ2n) is 15.7. The zero-order valence-electron chi connectivity index (χ0n) is 34.1. The van der Waals surface area contributed by atoms with Crippen LogP contribution in [0.2, 0.25) is 0 Å². The molecule has 11 aromatic rings. The third kappa shape index (κ3) is 6.94. The van der Waals surface area contributed by atoms with Crippen molar-refractivity contribution in [1.29, 1.82) is 0 Å². The molecule has 0 aliphatic rings. The lowest BCUT2D eigenvalue weighted by molar-refractivity contribution is 1.28. The van der Waals surface area contributed by atoms with E-state index in [1.54, 1.807) is 0 Å². The third-order valence-corrected chi connectivity index (χ3v) is 12.1. The van der Waals surface area contributed by atoms with E-state index in [0.717, 1.165) is 45.3 Å². The normalized spacial score (nSPS) is 11.2. The fourth-order valence-electron chi connectivity index (χ4n) is 9.00. The molecule has 0 saturated heterocycles. The Morgan fingerprint density at radius 2 is 0.516 bits per heavy atom. The minimum absolute atomic E-state index is 1.09. The molecule has 11 rings (SSSR count). The van der Waals surface area contributed by atoms with E-state index in [4.69, 9.17) is 0 Å². The second kappa shape index (κ2) is 16.1. The molecular formula is C60H42N2. The Hall–Kier alpha value is -8.20. The first-order valence-electron chi connectivity index (χ1n) is 21.3. The Morgan fingerprint density at radius 3 is 0.984 bits per heavy atom. The van der Waals surface area contributed by atoms with E-state index in [1.807, 2.05) is 0 Å². The van der Waals surface area contributed by atoms with Gasteiger partial charge in [-0.05, 0) is 127 Å². The number of para-hydroxylation sites is 1. The van der Waals surface area contributed by atoms with E-state index in [2.05, 4.69) is 265 Å². The van der Waals surface area contributed by atoms with Crippen molar-refractivity contribution in [3.8, 4) is 33.4 Å². The van der Waals surface area contributed by atoms with Crippen LogP contribution in [0.25, 0.3) is 65.7 Å². The second-order valence-corrected chi connectivity index (χ2v) is 15.7. The molecule has 0 unspecified atom stereocenters. The molecule has 2 heteroatoms. The Kier molecular flexibility index (Phi) is 9.57. The quantitative estimate of drug-likeness (QED) is 0.144. The van der Waals surface area contributed by atoms with Gasteiger partial charge in [0, 0.05) is 33.8 Å². The van der Waals surface area contributed by atoms with E-state index in [-0.39, 0.29) is 0 Å². The fraction of sp³-hybridized carbons (Fsp3) is 0. The predicted octanol–water partition coefficient (Wildman–Crippen LogP) is 17.1. The number of anilines is 6. The Bertz CT molecular complexity index is 3180. The van der Waals surface area contributed by atoms with Crippen molar-refractivity contribution in [2.75, 3.05) is 9.80 Å². The predicted molar refractivity (Wildman–Crippen MR) is 265 cm³/mol. The highest BCUT2D eigenvalue weighted by Gasteiger charge is 2.17. The summed E-state index contributed by atoms with van der Waals surface area (Å²) in [6.07, 6.45) is 0. The molecule has 2 nitrogen and oxygen atoms in total. The molecule has 11 aromatic carbocycles. The molecule has 0 aromatic heterocycles. The van der Waals surface area contributed by atoms with Crippen LogP contribution in [-0.2, 0) is 0 Å². The summed E-state index contributed by atoms with van der Waals surface area (Å²) in [5.74, 6) is 0. The van der Waals surface area contributed by atoms with E-state index < -0.39 is 0 Å². The van der Waals surface area contributed by atoms with Crippen LogP contribution in [0.1, 0.15) is 0 Å². The van der Waals surface area contributed by atoms with E-state index >= 15 is 0 Å². The lowest BCUT2D eigenvalue weighted by Gasteiger charge is -2.27. The molecule has 0 N–H and O–H groups in total. The SMILES string of the molecule is c1ccc(N(c2ccc(-c3ccc(N(c4ccc(-c5cccc6ccccc56)cc4)c4ccc(-c5cccc6ccccc56)cc4)cc3)cc2)c2cccc3ccccc23)cc1. The number of benzene rings is 11. The number of nitrogens with zero attached hydrogens (tertiary/aromatic N) is 2. The average Bonchev–Trinajstić information content (AvgIpc) is 3.35. The molecular weight excluding hydrogens is 749 g/mol. The first-order chi connectivity index (χ1) is 30.7. The molecule has 0 atom stereocenters. The summed E-state index contributed by atoms with van der Waals surface area (Å²) < 4.78 is 0. The minimum Gasteiger partial charge on any atom is -0.311 e. The van der Waals surface area contributed by atoms with Gasteiger partial charge in [-0.15, -0.1) is 0 Å². The van der Waals surface area contributed by atoms with Crippen molar-refractivity contribution in [1.82, 2.24) is 0 Å². The number of hydrogen-bond acceptors (Lipinski definition) is 2. The molecule has 0 spiro atoms. The van der Waals surface area contributed by atoms with Gasteiger partial charge in [0.15, 0.2) is 0 Å².